The summed E-state index contributed by atoms with van der Waals surface area (Å²) in [6, 6.07) is 27.8. The van der Waals surface area contributed by atoms with Gasteiger partial charge in [0.25, 0.3) is 6.33 Å². The maximum absolute atomic E-state index is 9.84. The van der Waals surface area contributed by atoms with Gasteiger partial charge in [-0.15, -0.1) is 29.7 Å². The first-order chi connectivity index (χ1) is 33.4. The van der Waals surface area contributed by atoms with Crippen molar-refractivity contribution in [1.29, 1.82) is 0 Å². The number of rotatable bonds is 6. The Bertz CT molecular complexity index is 4050. The number of para-hydroxylation sites is 5. The van der Waals surface area contributed by atoms with Crippen LogP contribution in [0.1, 0.15) is 42.8 Å². The van der Waals surface area contributed by atoms with Gasteiger partial charge in [0.05, 0.1) is 44.2 Å². The Balaban J connectivity index is 0.00000582. The second kappa shape index (κ2) is 14.3. The Hall–Kier alpha value is -6.75. The molecule has 11 rings (SSSR count). The Morgan fingerprint density at radius 3 is 2.27 bits per heavy atom. The topological polar surface area (TPSA) is 40.8 Å². The number of fused-ring (bicyclic) bond motifs is 7. The van der Waals surface area contributed by atoms with Crippen LogP contribution in [0.25, 0.3) is 77.5 Å². The quantitative estimate of drug-likeness (QED) is 0.123. The minimum absolute atomic E-state index is 0. The molecule has 0 amide bonds. The van der Waals surface area contributed by atoms with E-state index in [0.29, 0.717) is 28.2 Å². The number of ether oxygens (including phenoxy) is 1. The van der Waals surface area contributed by atoms with Crippen LogP contribution < -0.4 is 9.30 Å². The maximum atomic E-state index is 9.84. The van der Waals surface area contributed by atoms with Crippen molar-refractivity contribution in [3.8, 4) is 34.4 Å². The van der Waals surface area contributed by atoms with Crippen molar-refractivity contribution < 1.29 is 46.8 Å². The Morgan fingerprint density at radius 2 is 1.41 bits per heavy atom. The van der Waals surface area contributed by atoms with Gasteiger partial charge < -0.3 is 18.4 Å². The molecule has 0 radical (unpaired) electrons. The average Bonchev–Trinajstić information content (AvgIpc) is 4.02. The third-order valence-corrected chi connectivity index (χ3v) is 10.3. The summed E-state index contributed by atoms with van der Waals surface area (Å²) in [5.74, 6) is 1.49. The van der Waals surface area contributed by atoms with Crippen LogP contribution in [0.15, 0.2) is 170 Å². The molecule has 0 spiro atoms. The third kappa shape index (κ3) is 6.14. The van der Waals surface area contributed by atoms with E-state index in [0.717, 1.165) is 37.8 Å². The number of pyridine rings is 1. The van der Waals surface area contributed by atoms with Gasteiger partial charge in [-0.05, 0) is 70.5 Å². The van der Waals surface area contributed by atoms with Crippen molar-refractivity contribution in [3.63, 3.8) is 0 Å². The summed E-state index contributed by atoms with van der Waals surface area (Å²) in [7, 11) is 0. The SMILES string of the molecule is [2H]c1c([2H])c([2H])c(-n2c3c([2H])c([2H])c([2H])c([2H])c3c3c([2H])c([2H])c(-[n+]4[c-]n(-c5[c-]c(Oc6[c-]c7c(cc6)c6ccccc6n7-c6cc(C(C)(C)C)ccn6)ccc5)c5ccccc54)c([2H])c32)c([2H])c1[2H].[Pt]. The second-order valence-corrected chi connectivity index (χ2v) is 14.8. The van der Waals surface area contributed by atoms with Crippen LogP contribution in [0.2, 0.25) is 0 Å². The van der Waals surface area contributed by atoms with Crippen LogP contribution in [0.5, 0.6) is 11.5 Å². The van der Waals surface area contributed by atoms with Crippen LogP contribution in [0.4, 0.5) is 0 Å². The molecule has 0 saturated carbocycles. The molecule has 4 aromatic heterocycles. The molecule has 4 heterocycles. The molecule has 7 heteroatoms. The Kier molecular flexibility index (Phi) is 6.18. The monoisotopic (exact) mass is 954 g/mol. The number of imidazole rings is 1. The second-order valence-electron chi connectivity index (χ2n) is 14.8. The summed E-state index contributed by atoms with van der Waals surface area (Å²) < 4.78 is 120. The number of hydrogen-bond donors (Lipinski definition) is 0. The maximum Gasteiger partial charge on any atom is 0.268 e. The van der Waals surface area contributed by atoms with E-state index in [-0.39, 0.29) is 54.0 Å². The molecule has 6 nitrogen and oxygen atoms in total. The standard InChI is InChI=1S/C52H37N5O.Pt/c1-52(2,3)35-28-29-53-51(30-35)57-46-21-10-8-19-42(46)44-27-25-40(33-50(44)57)58-39-17-13-16-37(31-39)54-34-55(48-23-12-11-22-47(48)54)38-24-26-43-41-18-7-9-20-45(41)56(49(43)32-38)36-14-5-4-6-15-36;/h4-30,32H,1-3H3;/q-2;/i4D,5D,6D,7D,9D,14D,15D,18D,20D,24D,26D,32D;. The number of benzene rings is 7. The van der Waals surface area contributed by atoms with Crippen LogP contribution in [0.3, 0.4) is 0 Å². The fourth-order valence-corrected chi connectivity index (χ4v) is 7.52. The van der Waals surface area contributed by atoms with Gasteiger partial charge in [0, 0.05) is 60.7 Å². The first-order valence-electron chi connectivity index (χ1n) is 24.6. The zero-order chi connectivity index (χ0) is 49.4. The molecule has 7 aromatic carbocycles. The zero-order valence-corrected chi connectivity index (χ0v) is 34.0. The van der Waals surface area contributed by atoms with E-state index in [1.54, 1.807) is 47.0 Å². The van der Waals surface area contributed by atoms with Crippen molar-refractivity contribution >= 4 is 54.6 Å². The molecular formula is C52H37N5OPt-2. The molecule has 0 aliphatic carbocycles. The van der Waals surface area contributed by atoms with Crippen molar-refractivity contribution in [3.05, 3.63) is 194 Å². The van der Waals surface area contributed by atoms with Gasteiger partial charge in [0.1, 0.15) is 5.82 Å². The number of nitrogens with zero attached hydrogens (tertiary/aromatic N) is 5. The van der Waals surface area contributed by atoms with Crippen LogP contribution in [-0.2, 0) is 26.5 Å². The van der Waals surface area contributed by atoms with Gasteiger partial charge in [0.2, 0.25) is 0 Å². The average molecular weight is 955 g/mol. The molecule has 288 valence electrons. The van der Waals surface area contributed by atoms with Gasteiger partial charge in [0.15, 0.2) is 0 Å². The van der Waals surface area contributed by atoms with E-state index >= 15 is 0 Å². The normalized spacial score (nSPS) is 14.7. The summed E-state index contributed by atoms with van der Waals surface area (Å²) in [4.78, 5) is 4.78. The molecule has 0 bridgehead atoms. The Labute approximate surface area is 373 Å². The number of aromatic nitrogens is 5. The summed E-state index contributed by atoms with van der Waals surface area (Å²) in [5, 5.41) is 1.54. The largest absolute Gasteiger partial charge is 0.510 e. The van der Waals surface area contributed by atoms with Crippen molar-refractivity contribution in [1.82, 2.24) is 18.7 Å². The molecule has 11 aromatic rings. The van der Waals surface area contributed by atoms with E-state index in [1.165, 1.54) is 4.57 Å². The van der Waals surface area contributed by atoms with E-state index < -0.39 is 78.2 Å². The third-order valence-electron chi connectivity index (χ3n) is 10.3. The molecule has 0 aliphatic rings. The summed E-state index contributed by atoms with van der Waals surface area (Å²) >= 11 is 0. The smallest absolute Gasteiger partial charge is 0.268 e. The molecule has 0 N–H and O–H groups in total. The predicted octanol–water partition coefficient (Wildman–Crippen LogP) is 12.0. The number of hydrogen-bond acceptors (Lipinski definition) is 2. The van der Waals surface area contributed by atoms with Crippen LogP contribution in [0, 0.1) is 18.5 Å². The fraction of sp³-hybridized carbons (Fsp3) is 0.0769. The van der Waals surface area contributed by atoms with Gasteiger partial charge in [-0.2, -0.15) is 18.2 Å². The van der Waals surface area contributed by atoms with Crippen LogP contribution in [-0.4, -0.2) is 18.7 Å². The minimum atomic E-state index is -0.712. The molecule has 0 aliphatic heterocycles. The van der Waals surface area contributed by atoms with Crippen molar-refractivity contribution in [2.45, 2.75) is 26.2 Å². The van der Waals surface area contributed by atoms with E-state index in [4.69, 9.17) is 22.1 Å². The molecule has 0 unspecified atom stereocenters. The molecule has 0 atom stereocenters. The van der Waals surface area contributed by atoms with Gasteiger partial charge in [-0.3, -0.25) is 4.57 Å². The first kappa shape index (κ1) is 25.6. The Morgan fingerprint density at radius 1 is 0.644 bits per heavy atom. The van der Waals surface area contributed by atoms with E-state index in [1.807, 2.05) is 36.5 Å². The van der Waals surface area contributed by atoms with Gasteiger partial charge in [-0.25, -0.2) is 4.98 Å². The molecular weight excluding hydrogens is 906 g/mol. The predicted molar refractivity (Wildman–Crippen MR) is 233 cm³/mol. The van der Waals surface area contributed by atoms with Crippen molar-refractivity contribution in [2.75, 3.05) is 0 Å². The minimum Gasteiger partial charge on any atom is -0.510 e. The van der Waals surface area contributed by atoms with Gasteiger partial charge >= 0.3 is 0 Å². The summed E-state index contributed by atoms with van der Waals surface area (Å²) in [6.45, 7) is 6.48. The molecule has 59 heavy (non-hydrogen) atoms. The van der Waals surface area contributed by atoms with E-state index in [9.17, 15) is 4.11 Å². The van der Waals surface area contributed by atoms with E-state index in [2.05, 4.69) is 62.0 Å². The summed E-state index contributed by atoms with van der Waals surface area (Å²) in [5.41, 5.74) is 2.94. The first-order valence-corrected chi connectivity index (χ1v) is 18.6. The molecule has 0 fully saturated rings. The molecule has 0 saturated heterocycles. The van der Waals surface area contributed by atoms with Gasteiger partial charge in [-0.1, -0.05) is 111 Å². The fourth-order valence-electron chi connectivity index (χ4n) is 7.52. The van der Waals surface area contributed by atoms with Crippen molar-refractivity contribution in [2.24, 2.45) is 0 Å². The van der Waals surface area contributed by atoms with Crippen LogP contribution >= 0.6 is 0 Å². The summed E-state index contributed by atoms with van der Waals surface area (Å²) in [6.07, 6.45) is 5.07. The zero-order valence-electron chi connectivity index (χ0n) is 43.7.